The van der Waals surface area contributed by atoms with Crippen molar-refractivity contribution in [3.63, 3.8) is 0 Å². The molecule has 0 bridgehead atoms. The highest BCUT2D eigenvalue weighted by Crippen LogP contribution is 2.25. The molecule has 0 aliphatic rings. The number of anilines is 2. The Labute approximate surface area is 161 Å². The van der Waals surface area contributed by atoms with E-state index in [-0.39, 0.29) is 5.69 Å². The van der Waals surface area contributed by atoms with E-state index in [2.05, 4.69) is 21.2 Å². The van der Waals surface area contributed by atoms with E-state index < -0.39 is 27.8 Å². The summed E-state index contributed by atoms with van der Waals surface area (Å²) in [6, 6.07) is 8.45. The fraction of sp³-hybridized carbons (Fsp3) is 0.278. The number of aryl methyl sites for hydroxylation is 2. The monoisotopic (exact) mass is 442 g/mol. The molecule has 140 valence electrons. The summed E-state index contributed by atoms with van der Waals surface area (Å²) in [4.78, 5) is 12.6. The fourth-order valence-corrected chi connectivity index (χ4v) is 4.21. The molecule has 0 heterocycles. The molecular formula is C18H20BrFN2O3S. The number of halogens is 2. The van der Waals surface area contributed by atoms with Gasteiger partial charge in [0.2, 0.25) is 15.9 Å². The lowest BCUT2D eigenvalue weighted by atomic mass is 10.1. The van der Waals surface area contributed by atoms with Crippen LogP contribution in [0.15, 0.2) is 40.9 Å². The van der Waals surface area contributed by atoms with Crippen molar-refractivity contribution in [2.75, 3.05) is 15.9 Å². The molecular weight excluding hydrogens is 423 g/mol. The molecule has 5 nitrogen and oxygen atoms in total. The Balaban J connectivity index is 2.37. The second-order valence-corrected chi connectivity index (χ2v) is 8.97. The Bertz CT molecular complexity index is 927. The number of nitrogens with one attached hydrogen (secondary N) is 1. The summed E-state index contributed by atoms with van der Waals surface area (Å²) in [6.07, 6.45) is 1.04. The Kier molecular flexibility index (Phi) is 6.08. The van der Waals surface area contributed by atoms with Crippen molar-refractivity contribution >= 4 is 43.2 Å². The molecule has 0 spiro atoms. The summed E-state index contributed by atoms with van der Waals surface area (Å²) in [5, 5.41) is 2.45. The summed E-state index contributed by atoms with van der Waals surface area (Å²) in [7, 11) is -3.73. The summed E-state index contributed by atoms with van der Waals surface area (Å²) in [5.41, 5.74) is 2.13. The first kappa shape index (κ1) is 20.4. The van der Waals surface area contributed by atoms with Gasteiger partial charge >= 0.3 is 0 Å². The fourth-order valence-electron chi connectivity index (χ4n) is 2.71. The van der Waals surface area contributed by atoms with Crippen LogP contribution in [0.2, 0.25) is 0 Å². The van der Waals surface area contributed by atoms with Crippen molar-refractivity contribution in [1.82, 2.24) is 0 Å². The second-order valence-electron chi connectivity index (χ2n) is 6.19. The van der Waals surface area contributed by atoms with Gasteiger partial charge in [-0.2, -0.15) is 0 Å². The summed E-state index contributed by atoms with van der Waals surface area (Å²) in [6.45, 7) is 5.16. The molecule has 0 aromatic heterocycles. The van der Waals surface area contributed by atoms with Crippen molar-refractivity contribution in [3.8, 4) is 0 Å². The van der Waals surface area contributed by atoms with E-state index in [0.29, 0.717) is 10.2 Å². The van der Waals surface area contributed by atoms with Gasteiger partial charge in [0.15, 0.2) is 0 Å². The van der Waals surface area contributed by atoms with E-state index in [4.69, 9.17) is 0 Å². The van der Waals surface area contributed by atoms with Crippen molar-refractivity contribution in [1.29, 1.82) is 0 Å². The first-order chi connectivity index (χ1) is 12.0. The highest BCUT2D eigenvalue weighted by molar-refractivity contribution is 9.10. The summed E-state index contributed by atoms with van der Waals surface area (Å²) >= 11 is 3.14. The Morgan fingerprint density at radius 3 is 2.23 bits per heavy atom. The van der Waals surface area contributed by atoms with E-state index in [1.807, 2.05) is 19.9 Å². The van der Waals surface area contributed by atoms with Crippen LogP contribution in [0.3, 0.4) is 0 Å². The number of rotatable bonds is 5. The van der Waals surface area contributed by atoms with E-state index in [0.717, 1.165) is 21.7 Å². The van der Waals surface area contributed by atoms with E-state index in [9.17, 15) is 17.6 Å². The van der Waals surface area contributed by atoms with Crippen LogP contribution in [-0.2, 0) is 14.8 Å². The smallest absolute Gasteiger partial charge is 0.248 e. The van der Waals surface area contributed by atoms with Crippen LogP contribution in [0, 0.1) is 19.7 Å². The molecule has 2 aromatic rings. The maximum Gasteiger partial charge on any atom is 0.248 e. The molecule has 0 aliphatic carbocycles. The SMILES string of the molecule is Cc1cc(C)cc(N(C(C)C(=O)Nc2ccc(Br)cc2F)S(C)(=O)=O)c1. The summed E-state index contributed by atoms with van der Waals surface area (Å²) in [5.74, 6) is -1.24. The number of nitrogens with zero attached hydrogens (tertiary/aromatic N) is 1. The lowest BCUT2D eigenvalue weighted by molar-refractivity contribution is -0.116. The van der Waals surface area contributed by atoms with Gasteiger partial charge in [-0.1, -0.05) is 22.0 Å². The van der Waals surface area contributed by atoms with Crippen LogP contribution in [-0.4, -0.2) is 26.6 Å². The van der Waals surface area contributed by atoms with Gasteiger partial charge < -0.3 is 5.32 Å². The average Bonchev–Trinajstić information content (AvgIpc) is 2.47. The average molecular weight is 443 g/mol. The number of sulfonamides is 1. The third kappa shape index (κ3) is 4.82. The third-order valence-electron chi connectivity index (χ3n) is 3.74. The minimum atomic E-state index is -3.73. The highest BCUT2D eigenvalue weighted by Gasteiger charge is 2.29. The molecule has 1 unspecified atom stereocenters. The largest absolute Gasteiger partial charge is 0.322 e. The third-order valence-corrected chi connectivity index (χ3v) is 5.47. The number of carbonyl (C=O) groups excluding carboxylic acids is 1. The number of benzene rings is 2. The maximum atomic E-state index is 14.0. The van der Waals surface area contributed by atoms with Crippen molar-refractivity contribution in [3.05, 3.63) is 57.8 Å². The van der Waals surface area contributed by atoms with Crippen LogP contribution < -0.4 is 9.62 Å². The number of hydrogen-bond acceptors (Lipinski definition) is 3. The first-order valence-corrected chi connectivity index (χ1v) is 10.5. The lowest BCUT2D eigenvalue weighted by Gasteiger charge is -2.28. The zero-order valence-electron chi connectivity index (χ0n) is 14.9. The van der Waals surface area contributed by atoms with Crippen molar-refractivity contribution in [2.24, 2.45) is 0 Å². The molecule has 0 saturated heterocycles. The summed E-state index contributed by atoms with van der Waals surface area (Å²) < 4.78 is 40.2. The Morgan fingerprint density at radius 1 is 1.15 bits per heavy atom. The molecule has 0 saturated carbocycles. The molecule has 0 fully saturated rings. The van der Waals surface area contributed by atoms with E-state index >= 15 is 0 Å². The normalized spacial score (nSPS) is 12.5. The minimum Gasteiger partial charge on any atom is -0.322 e. The van der Waals surface area contributed by atoms with Crippen LogP contribution in [0.25, 0.3) is 0 Å². The lowest BCUT2D eigenvalue weighted by Crippen LogP contribution is -2.45. The van der Waals surface area contributed by atoms with Gasteiger partial charge in [-0.15, -0.1) is 0 Å². The van der Waals surface area contributed by atoms with Crippen LogP contribution in [0.5, 0.6) is 0 Å². The number of amides is 1. The molecule has 1 N–H and O–H groups in total. The van der Waals surface area contributed by atoms with Crippen LogP contribution in [0.1, 0.15) is 18.1 Å². The Hall–Kier alpha value is -1.93. The van der Waals surface area contributed by atoms with Gasteiger partial charge in [-0.25, -0.2) is 12.8 Å². The second kappa shape index (κ2) is 7.75. The predicted molar refractivity (Wildman–Crippen MR) is 105 cm³/mol. The minimum absolute atomic E-state index is 0.0149. The molecule has 8 heteroatoms. The zero-order valence-corrected chi connectivity index (χ0v) is 17.3. The topological polar surface area (TPSA) is 66.5 Å². The molecule has 1 atom stereocenters. The van der Waals surface area contributed by atoms with Gasteiger partial charge in [0, 0.05) is 4.47 Å². The molecule has 0 radical (unpaired) electrons. The zero-order chi connectivity index (χ0) is 19.6. The van der Waals surface area contributed by atoms with Crippen LogP contribution in [0.4, 0.5) is 15.8 Å². The molecule has 2 rings (SSSR count). The number of hydrogen-bond donors (Lipinski definition) is 1. The van der Waals surface area contributed by atoms with Gasteiger partial charge in [-0.3, -0.25) is 9.10 Å². The van der Waals surface area contributed by atoms with E-state index in [1.54, 1.807) is 18.2 Å². The van der Waals surface area contributed by atoms with Crippen molar-refractivity contribution < 1.29 is 17.6 Å². The molecule has 1 amide bonds. The molecule has 2 aromatic carbocycles. The predicted octanol–water partition coefficient (Wildman–Crippen LogP) is 4.00. The van der Waals surface area contributed by atoms with Gasteiger partial charge in [-0.05, 0) is 62.2 Å². The standard InChI is InChI=1S/C18H20BrFN2O3S/c1-11-7-12(2)9-15(8-11)22(26(4,24)25)13(3)18(23)21-17-6-5-14(19)10-16(17)20/h5-10,13H,1-4H3,(H,21,23). The quantitative estimate of drug-likeness (QED) is 0.760. The van der Waals surface area contributed by atoms with Gasteiger partial charge in [0.05, 0.1) is 17.6 Å². The Morgan fingerprint density at radius 2 is 1.73 bits per heavy atom. The molecule has 0 aliphatic heterocycles. The maximum absolute atomic E-state index is 14.0. The first-order valence-electron chi connectivity index (χ1n) is 7.82. The van der Waals surface area contributed by atoms with Gasteiger partial charge in [0.25, 0.3) is 0 Å². The van der Waals surface area contributed by atoms with E-state index in [1.165, 1.54) is 19.1 Å². The van der Waals surface area contributed by atoms with Crippen LogP contribution >= 0.6 is 15.9 Å². The van der Waals surface area contributed by atoms with Gasteiger partial charge in [0.1, 0.15) is 11.9 Å². The number of carbonyl (C=O) groups is 1. The molecule has 26 heavy (non-hydrogen) atoms. The van der Waals surface area contributed by atoms with Crippen molar-refractivity contribution in [2.45, 2.75) is 26.8 Å². The highest BCUT2D eigenvalue weighted by atomic mass is 79.9.